The number of hydrogen-bond acceptors (Lipinski definition) is 1. The molecule has 0 saturated heterocycles. The monoisotopic (exact) mass is 782 g/mol. The second-order valence-electron chi connectivity index (χ2n) is 16.9. The van der Waals surface area contributed by atoms with Crippen LogP contribution in [-0.2, 0) is 18.4 Å². The molecule has 0 bridgehead atoms. The molecule has 1 aliphatic carbocycles. The molecule has 2 nitrogen and oxygen atoms in total. The predicted molar refractivity (Wildman–Crippen MR) is 258 cm³/mol. The molecule has 0 radical (unpaired) electrons. The van der Waals surface area contributed by atoms with E-state index >= 15 is 0 Å². The zero-order valence-electron chi connectivity index (χ0n) is 34.6. The Morgan fingerprint density at radius 1 is 0.525 bits per heavy atom. The van der Waals surface area contributed by atoms with Crippen LogP contribution in [0, 0.1) is 0 Å². The van der Waals surface area contributed by atoms with Gasteiger partial charge in [0.05, 0.1) is 11.0 Å². The Kier molecular flexibility index (Phi) is 9.01. The first-order valence-corrected chi connectivity index (χ1v) is 21.4. The average Bonchev–Trinajstić information content (AvgIpc) is 3.77. The fourth-order valence-corrected chi connectivity index (χ4v) is 9.88. The van der Waals surface area contributed by atoms with Crippen molar-refractivity contribution in [2.75, 3.05) is 0 Å². The average molecular weight is 783 g/mol. The number of hydrogen-bond donors (Lipinski definition) is 1. The highest BCUT2D eigenvalue weighted by Crippen LogP contribution is 2.53. The quantitative estimate of drug-likeness (QED) is 0.154. The maximum absolute atomic E-state index is 3.86. The molecule has 61 heavy (non-hydrogen) atoms. The van der Waals surface area contributed by atoms with Gasteiger partial charge < -0.3 is 9.88 Å². The maximum atomic E-state index is 3.86. The van der Waals surface area contributed by atoms with Gasteiger partial charge in [0.15, 0.2) is 0 Å². The van der Waals surface area contributed by atoms with Gasteiger partial charge in [0.25, 0.3) is 0 Å². The Bertz CT molecular complexity index is 3280. The number of rotatable bonds is 9. The molecular formula is C59H46N2. The summed E-state index contributed by atoms with van der Waals surface area (Å²) in [5, 5.41) is 8.96. The molecule has 0 saturated carbocycles. The zero-order chi connectivity index (χ0) is 40.9. The van der Waals surface area contributed by atoms with Crippen molar-refractivity contribution in [1.82, 2.24) is 9.88 Å². The van der Waals surface area contributed by atoms with E-state index in [9.17, 15) is 0 Å². The smallest absolute Gasteiger partial charge is 0.0619 e. The Morgan fingerprint density at radius 3 is 1.98 bits per heavy atom. The van der Waals surface area contributed by atoms with E-state index in [1.807, 2.05) is 0 Å². The Balaban J connectivity index is 0.989. The lowest BCUT2D eigenvalue weighted by Crippen LogP contribution is -2.14. The molecule has 2 heteroatoms. The molecule has 11 rings (SSSR count). The van der Waals surface area contributed by atoms with Crippen LogP contribution >= 0.6 is 0 Å². The molecule has 0 amide bonds. The lowest BCUT2D eigenvalue weighted by Gasteiger charge is -2.22. The molecule has 1 heterocycles. The van der Waals surface area contributed by atoms with E-state index in [2.05, 4.69) is 236 Å². The van der Waals surface area contributed by atoms with Gasteiger partial charge in [-0.2, -0.15) is 0 Å². The van der Waals surface area contributed by atoms with Gasteiger partial charge in [-0.25, -0.2) is 0 Å². The van der Waals surface area contributed by atoms with E-state index in [1.165, 1.54) is 93.8 Å². The van der Waals surface area contributed by atoms with E-state index in [4.69, 9.17) is 0 Å². The van der Waals surface area contributed by atoms with Gasteiger partial charge in [0.2, 0.25) is 0 Å². The highest BCUT2D eigenvalue weighted by atomic mass is 15.0. The van der Waals surface area contributed by atoms with Gasteiger partial charge >= 0.3 is 0 Å². The third-order valence-corrected chi connectivity index (χ3v) is 12.9. The SMILES string of the molecule is CC1(C)c2cc3ccccc3cc2-c2c(-c3ccc(/C(=C/Cc4ccccc4-c4cccc5c6ccccc6n(-c6ccccc6)c45)NCc4ccccc4)cc3)cccc21. The maximum Gasteiger partial charge on any atom is 0.0619 e. The van der Waals surface area contributed by atoms with Crippen LogP contribution in [0.2, 0.25) is 0 Å². The number of aromatic nitrogens is 1. The van der Waals surface area contributed by atoms with Crippen LogP contribution in [0.4, 0.5) is 0 Å². The largest absolute Gasteiger partial charge is 0.381 e. The normalized spacial score (nSPS) is 13.1. The molecule has 0 spiro atoms. The summed E-state index contributed by atoms with van der Waals surface area (Å²) in [6.07, 6.45) is 3.15. The minimum atomic E-state index is -0.0815. The van der Waals surface area contributed by atoms with E-state index in [0.29, 0.717) is 0 Å². The first kappa shape index (κ1) is 36.6. The summed E-state index contributed by atoms with van der Waals surface area (Å²) in [6.45, 7) is 5.48. The number of allylic oxidation sites excluding steroid dienone is 1. The van der Waals surface area contributed by atoms with Crippen LogP contribution in [0.15, 0.2) is 212 Å². The van der Waals surface area contributed by atoms with Crippen molar-refractivity contribution >= 4 is 38.3 Å². The van der Waals surface area contributed by atoms with Crippen molar-refractivity contribution in [1.29, 1.82) is 0 Å². The molecular weight excluding hydrogens is 737 g/mol. The fraction of sp³-hybridized carbons (Fsp3) is 0.0847. The standard InChI is InChI=1S/C59H46N2/c1-59(2)53-29-16-26-48(57(53)52-37-44-20-9-10-21-45(44)38-54(52)59)42-31-33-43(34-32-42)55(60-39-40-17-5-3-6-18-40)36-35-41-19-11-12-24-47(41)50-27-15-28-51-49-25-13-14-30-56(49)61(58(50)51)46-22-7-4-8-23-46/h3-34,36-38,60H,35,39H2,1-2H3/b55-36-. The molecule has 0 atom stereocenters. The van der Waals surface area contributed by atoms with Crippen LogP contribution in [0.1, 0.15) is 41.7 Å². The van der Waals surface area contributed by atoms with Crippen molar-refractivity contribution in [3.8, 4) is 39.1 Å². The van der Waals surface area contributed by atoms with Crippen molar-refractivity contribution in [2.45, 2.75) is 32.2 Å². The van der Waals surface area contributed by atoms with Crippen LogP contribution < -0.4 is 5.32 Å². The number of benzene rings is 9. The summed E-state index contributed by atoms with van der Waals surface area (Å²) in [6, 6.07) is 75.5. The lowest BCUT2D eigenvalue weighted by atomic mass is 9.81. The van der Waals surface area contributed by atoms with E-state index in [0.717, 1.165) is 24.4 Å². The fourth-order valence-electron chi connectivity index (χ4n) is 9.88. The Morgan fingerprint density at radius 2 is 1.16 bits per heavy atom. The minimum absolute atomic E-state index is 0.0815. The topological polar surface area (TPSA) is 17.0 Å². The first-order valence-electron chi connectivity index (χ1n) is 21.4. The molecule has 1 aliphatic rings. The van der Waals surface area contributed by atoms with E-state index in [-0.39, 0.29) is 5.41 Å². The Hall–Kier alpha value is -7.42. The summed E-state index contributed by atoms with van der Waals surface area (Å²) in [4.78, 5) is 0. The van der Waals surface area contributed by atoms with Gasteiger partial charge in [-0.3, -0.25) is 0 Å². The summed E-state index contributed by atoms with van der Waals surface area (Å²) in [7, 11) is 0. The second kappa shape index (κ2) is 15.0. The van der Waals surface area contributed by atoms with Crippen molar-refractivity contribution < 1.29 is 0 Å². The molecule has 0 fully saturated rings. The molecule has 292 valence electrons. The number of nitrogens with zero attached hydrogens (tertiary/aromatic N) is 1. The Labute approximate surface area is 358 Å². The second-order valence-corrected chi connectivity index (χ2v) is 16.9. The summed E-state index contributed by atoms with van der Waals surface area (Å²) >= 11 is 0. The highest BCUT2D eigenvalue weighted by Gasteiger charge is 2.37. The van der Waals surface area contributed by atoms with Crippen molar-refractivity contribution in [2.24, 2.45) is 0 Å². The summed E-state index contributed by atoms with van der Waals surface area (Å²) in [5.41, 5.74) is 18.8. The van der Waals surface area contributed by atoms with Crippen LogP contribution in [-0.4, -0.2) is 4.57 Å². The summed E-state index contributed by atoms with van der Waals surface area (Å²) < 4.78 is 2.44. The third-order valence-electron chi connectivity index (χ3n) is 12.9. The molecule has 0 unspecified atom stereocenters. The predicted octanol–water partition coefficient (Wildman–Crippen LogP) is 15.0. The number of para-hydroxylation sites is 3. The van der Waals surface area contributed by atoms with Crippen molar-refractivity contribution in [3.05, 3.63) is 240 Å². The first-order chi connectivity index (χ1) is 30.0. The number of nitrogens with one attached hydrogen (secondary N) is 1. The van der Waals surface area contributed by atoms with Crippen molar-refractivity contribution in [3.63, 3.8) is 0 Å². The van der Waals surface area contributed by atoms with Gasteiger partial charge in [-0.1, -0.05) is 196 Å². The minimum Gasteiger partial charge on any atom is -0.381 e. The van der Waals surface area contributed by atoms with E-state index < -0.39 is 0 Å². The molecule has 10 aromatic rings. The van der Waals surface area contributed by atoms with E-state index in [1.54, 1.807) is 0 Å². The van der Waals surface area contributed by atoms with Crippen LogP contribution in [0.5, 0.6) is 0 Å². The van der Waals surface area contributed by atoms with Crippen LogP contribution in [0.25, 0.3) is 77.3 Å². The van der Waals surface area contributed by atoms with Gasteiger partial charge in [0.1, 0.15) is 0 Å². The van der Waals surface area contributed by atoms with Gasteiger partial charge in [0, 0.05) is 39.7 Å². The van der Waals surface area contributed by atoms with Gasteiger partial charge in [-0.15, -0.1) is 0 Å². The summed E-state index contributed by atoms with van der Waals surface area (Å²) in [5.74, 6) is 0. The van der Waals surface area contributed by atoms with Gasteiger partial charge in [-0.05, 0) is 103 Å². The molecule has 1 N–H and O–H groups in total. The molecule has 0 aliphatic heterocycles. The zero-order valence-corrected chi connectivity index (χ0v) is 34.6. The number of fused-ring (bicyclic) bond motifs is 7. The lowest BCUT2D eigenvalue weighted by molar-refractivity contribution is 0.661. The highest BCUT2D eigenvalue weighted by molar-refractivity contribution is 6.14. The third kappa shape index (κ3) is 6.35. The van der Waals surface area contributed by atoms with Crippen LogP contribution in [0.3, 0.4) is 0 Å². The molecule has 1 aromatic heterocycles. The molecule has 9 aromatic carbocycles.